The van der Waals surface area contributed by atoms with E-state index in [9.17, 15) is 9.59 Å². The van der Waals surface area contributed by atoms with E-state index in [0.29, 0.717) is 25.4 Å². The van der Waals surface area contributed by atoms with Crippen LogP contribution in [0.5, 0.6) is 0 Å². The highest BCUT2D eigenvalue weighted by Crippen LogP contribution is 2.49. The van der Waals surface area contributed by atoms with Crippen LogP contribution in [0.3, 0.4) is 0 Å². The van der Waals surface area contributed by atoms with Crippen LogP contribution in [-0.4, -0.2) is 54.2 Å². The first kappa shape index (κ1) is 27.2. The summed E-state index contributed by atoms with van der Waals surface area (Å²) in [6, 6.07) is 20.4. The number of aryl methyl sites for hydroxylation is 2. The Morgan fingerprint density at radius 1 is 1.13 bits per heavy atom. The zero-order chi connectivity index (χ0) is 27.4. The van der Waals surface area contributed by atoms with Crippen LogP contribution < -0.4 is 10.2 Å². The summed E-state index contributed by atoms with van der Waals surface area (Å²) < 4.78 is 6.97. The van der Waals surface area contributed by atoms with Gasteiger partial charge in [0.25, 0.3) is 0 Å². The first-order valence-corrected chi connectivity index (χ1v) is 14.9. The lowest BCUT2D eigenvalue weighted by molar-refractivity contribution is -0.122. The first-order chi connectivity index (χ1) is 19.0. The molecule has 3 heterocycles. The van der Waals surface area contributed by atoms with Gasteiger partial charge in [-0.05, 0) is 43.3 Å². The van der Waals surface area contributed by atoms with Crippen LogP contribution in [0.4, 0.5) is 5.82 Å². The van der Waals surface area contributed by atoms with Gasteiger partial charge in [0.2, 0.25) is 11.8 Å². The zero-order valence-corrected chi connectivity index (χ0v) is 24.0. The molecule has 4 aromatic rings. The van der Waals surface area contributed by atoms with E-state index >= 15 is 0 Å². The molecule has 39 heavy (non-hydrogen) atoms. The average Bonchev–Trinajstić information content (AvgIpc) is 3.57. The minimum atomic E-state index is -0.209. The number of thiophene rings is 1. The van der Waals surface area contributed by atoms with Crippen LogP contribution >= 0.6 is 23.1 Å². The Morgan fingerprint density at radius 2 is 1.95 bits per heavy atom. The molecule has 0 aliphatic carbocycles. The molecule has 5 rings (SSSR count). The van der Waals surface area contributed by atoms with Gasteiger partial charge in [0, 0.05) is 36.3 Å². The van der Waals surface area contributed by atoms with E-state index in [-0.39, 0.29) is 29.4 Å². The Bertz CT molecular complexity index is 1450. The Morgan fingerprint density at radius 3 is 2.67 bits per heavy atom. The van der Waals surface area contributed by atoms with E-state index in [1.54, 1.807) is 35.1 Å². The van der Waals surface area contributed by atoms with Gasteiger partial charge in [-0.15, -0.1) is 23.1 Å². The molecule has 7 nitrogen and oxygen atoms in total. The quantitative estimate of drug-likeness (QED) is 0.272. The molecule has 1 atom stereocenters. The molecule has 9 heteroatoms. The first-order valence-electron chi connectivity index (χ1n) is 12.9. The minimum absolute atomic E-state index is 0.0820. The Kier molecular flexibility index (Phi) is 8.50. The van der Waals surface area contributed by atoms with E-state index in [2.05, 4.69) is 42.7 Å². The number of hydrogen-bond acceptors (Lipinski definition) is 6. The molecule has 1 unspecified atom stereocenters. The zero-order valence-electron chi connectivity index (χ0n) is 22.3. The second-order valence-electron chi connectivity index (χ2n) is 9.54. The second-order valence-corrected chi connectivity index (χ2v) is 11.6. The van der Waals surface area contributed by atoms with Crippen LogP contribution in [-0.2, 0) is 14.3 Å². The van der Waals surface area contributed by atoms with Gasteiger partial charge in [0.1, 0.15) is 12.4 Å². The van der Waals surface area contributed by atoms with Crippen LogP contribution in [0.15, 0.2) is 66.0 Å². The van der Waals surface area contributed by atoms with Gasteiger partial charge in [0.15, 0.2) is 0 Å². The van der Waals surface area contributed by atoms with Crippen LogP contribution in [0.2, 0.25) is 0 Å². The van der Waals surface area contributed by atoms with Gasteiger partial charge in [0.05, 0.1) is 22.4 Å². The number of thioether (sulfide) groups is 1. The maximum absolute atomic E-state index is 13.7. The largest absolute Gasteiger partial charge is 0.385 e. The van der Waals surface area contributed by atoms with E-state index < -0.39 is 0 Å². The summed E-state index contributed by atoms with van der Waals surface area (Å²) in [4.78, 5) is 29.6. The summed E-state index contributed by atoms with van der Waals surface area (Å²) in [5, 5.41) is 10.1. The lowest BCUT2D eigenvalue weighted by atomic mass is 10.0. The highest BCUT2D eigenvalue weighted by Gasteiger charge is 2.38. The number of aromatic nitrogens is 2. The third-order valence-electron chi connectivity index (χ3n) is 6.67. The van der Waals surface area contributed by atoms with Gasteiger partial charge in [-0.1, -0.05) is 54.1 Å². The summed E-state index contributed by atoms with van der Waals surface area (Å²) >= 11 is 3.26. The molecule has 0 spiro atoms. The molecule has 0 saturated carbocycles. The van der Waals surface area contributed by atoms with Crippen molar-refractivity contribution in [3.05, 3.63) is 87.6 Å². The van der Waals surface area contributed by atoms with Crippen molar-refractivity contribution in [2.45, 2.75) is 25.5 Å². The number of ether oxygens (including phenoxy) is 1. The standard InChI is InChI=1S/C30H32N4O3S2/c1-20-12-13-23(21(2)17-20)34-30-27(28(32-34)22-9-5-4-6-10-22)29(24-11-7-16-38-24)39-19-26(36)33(30)18-25(35)31-14-8-15-37-3/h4-7,9-13,16-17,29H,8,14-15,18-19H2,1-3H3,(H,31,35). The maximum atomic E-state index is 13.7. The highest BCUT2D eigenvalue weighted by molar-refractivity contribution is 8.00. The number of hydrogen-bond donors (Lipinski definition) is 1. The third kappa shape index (κ3) is 5.80. The average molecular weight is 561 g/mol. The predicted molar refractivity (Wildman–Crippen MR) is 159 cm³/mol. The fourth-order valence-corrected chi connectivity index (χ4v) is 7.02. The van der Waals surface area contributed by atoms with Gasteiger partial charge in [-0.25, -0.2) is 4.68 Å². The molecule has 0 saturated heterocycles. The summed E-state index contributed by atoms with van der Waals surface area (Å²) in [6.45, 7) is 5.08. The molecule has 2 aromatic heterocycles. The fourth-order valence-electron chi connectivity index (χ4n) is 4.85. The maximum Gasteiger partial charge on any atom is 0.240 e. The van der Waals surface area contributed by atoms with Gasteiger partial charge in [-0.3, -0.25) is 14.5 Å². The highest BCUT2D eigenvalue weighted by atomic mass is 32.2. The molecule has 2 aromatic carbocycles. The molecule has 1 N–H and O–H groups in total. The Labute approximate surface area is 237 Å². The number of nitrogens with one attached hydrogen (secondary N) is 1. The number of anilines is 1. The van der Waals surface area contributed by atoms with Crippen molar-refractivity contribution in [3.8, 4) is 16.9 Å². The third-order valence-corrected chi connectivity index (χ3v) is 8.99. The smallest absolute Gasteiger partial charge is 0.240 e. The van der Waals surface area contributed by atoms with Crippen molar-refractivity contribution >= 4 is 40.7 Å². The molecular weight excluding hydrogens is 528 g/mol. The van der Waals surface area contributed by atoms with Crippen LogP contribution in [0.1, 0.15) is 33.2 Å². The number of rotatable bonds is 9. The molecule has 1 aliphatic heterocycles. The summed E-state index contributed by atoms with van der Waals surface area (Å²) in [5.74, 6) is 0.591. The minimum Gasteiger partial charge on any atom is -0.385 e. The SMILES string of the molecule is COCCCNC(=O)CN1C(=O)CSC(c2cccs2)c2c(-c3ccccc3)nn(-c3ccc(C)cc3C)c21. The van der Waals surface area contributed by atoms with Gasteiger partial charge in [-0.2, -0.15) is 5.10 Å². The summed E-state index contributed by atoms with van der Waals surface area (Å²) in [7, 11) is 1.64. The number of carbonyl (C=O) groups excluding carboxylic acids is 2. The lowest BCUT2D eigenvalue weighted by Gasteiger charge is -2.23. The van der Waals surface area contributed by atoms with E-state index in [4.69, 9.17) is 9.84 Å². The normalized spacial score (nSPS) is 15.2. The van der Waals surface area contributed by atoms with Crippen molar-refractivity contribution in [2.75, 3.05) is 37.5 Å². The lowest BCUT2D eigenvalue weighted by Crippen LogP contribution is -2.42. The molecule has 0 radical (unpaired) electrons. The molecule has 0 bridgehead atoms. The number of carbonyl (C=O) groups is 2. The summed E-state index contributed by atoms with van der Waals surface area (Å²) in [6.07, 6.45) is 0.705. The molecule has 1 aliphatic rings. The van der Waals surface area contributed by atoms with Crippen molar-refractivity contribution in [1.82, 2.24) is 15.1 Å². The number of fused-ring (bicyclic) bond motifs is 1. The Hall–Kier alpha value is -3.40. The van der Waals surface area contributed by atoms with E-state index in [0.717, 1.165) is 38.5 Å². The molecule has 202 valence electrons. The van der Waals surface area contributed by atoms with Crippen molar-refractivity contribution in [1.29, 1.82) is 0 Å². The van der Waals surface area contributed by atoms with Crippen molar-refractivity contribution in [2.24, 2.45) is 0 Å². The second kappa shape index (κ2) is 12.2. The van der Waals surface area contributed by atoms with Crippen LogP contribution in [0, 0.1) is 13.8 Å². The Balaban J connectivity index is 1.71. The predicted octanol–water partition coefficient (Wildman–Crippen LogP) is 5.54. The molecule has 0 fully saturated rings. The number of benzene rings is 2. The monoisotopic (exact) mass is 560 g/mol. The molecular formula is C30H32N4O3S2. The topological polar surface area (TPSA) is 76.5 Å². The summed E-state index contributed by atoms with van der Waals surface area (Å²) in [5.41, 5.74) is 5.81. The number of methoxy groups -OCH3 is 1. The van der Waals surface area contributed by atoms with Gasteiger partial charge >= 0.3 is 0 Å². The van der Waals surface area contributed by atoms with Crippen molar-refractivity contribution in [3.63, 3.8) is 0 Å². The van der Waals surface area contributed by atoms with Crippen LogP contribution in [0.25, 0.3) is 16.9 Å². The van der Waals surface area contributed by atoms with Crippen molar-refractivity contribution < 1.29 is 14.3 Å². The number of amides is 2. The van der Waals surface area contributed by atoms with Gasteiger partial charge < -0.3 is 10.1 Å². The van der Waals surface area contributed by atoms with E-state index in [1.807, 2.05) is 47.1 Å². The van der Waals surface area contributed by atoms with E-state index in [1.165, 1.54) is 0 Å². The molecule has 2 amide bonds. The fraction of sp³-hybridized carbons (Fsp3) is 0.300. The number of nitrogens with zero attached hydrogens (tertiary/aromatic N) is 3.